The van der Waals surface area contributed by atoms with Crippen molar-refractivity contribution in [1.82, 2.24) is 0 Å². The molecule has 0 spiro atoms. The van der Waals surface area contributed by atoms with Crippen molar-refractivity contribution in [1.29, 1.82) is 0 Å². The Kier molecular flexibility index (Phi) is 7.18. The second-order valence-electron chi connectivity index (χ2n) is 13.3. The summed E-state index contributed by atoms with van der Waals surface area (Å²) in [5.41, 5.74) is 12.1. The number of benzene rings is 9. The first-order valence-corrected chi connectivity index (χ1v) is 17.8. The molecule has 10 rings (SSSR count). The number of nitrogens with zero attached hydrogens (tertiary/aromatic N) is 1. The molecule has 0 N–H and O–H groups in total. The highest BCUT2D eigenvalue weighted by Crippen LogP contribution is 2.48. The van der Waals surface area contributed by atoms with E-state index < -0.39 is 0 Å². The summed E-state index contributed by atoms with van der Waals surface area (Å²) in [7, 11) is 0. The molecule has 9 aromatic carbocycles. The number of para-hydroxylation sites is 1. The molecule has 0 aliphatic carbocycles. The second kappa shape index (κ2) is 12.5. The van der Waals surface area contributed by atoms with Crippen LogP contribution in [0.3, 0.4) is 0 Å². The Hall–Kier alpha value is -6.90. The largest absolute Gasteiger partial charge is 0.455 e. The summed E-state index contributed by atoms with van der Waals surface area (Å²) in [5, 5.41) is 6.87. The minimum atomic E-state index is 0.881. The average Bonchev–Trinajstić information content (AvgIpc) is 3.61. The highest BCUT2D eigenvalue weighted by Gasteiger charge is 2.23. The van der Waals surface area contributed by atoms with Crippen molar-refractivity contribution in [3.63, 3.8) is 0 Å². The van der Waals surface area contributed by atoms with Crippen molar-refractivity contribution in [3.05, 3.63) is 200 Å². The highest BCUT2D eigenvalue weighted by atomic mass is 16.3. The van der Waals surface area contributed by atoms with Gasteiger partial charge in [-0.25, -0.2) is 0 Å². The van der Waals surface area contributed by atoms with E-state index in [0.717, 1.165) is 60.9 Å². The summed E-state index contributed by atoms with van der Waals surface area (Å²) in [6, 6.07) is 71.6. The Morgan fingerprint density at radius 2 is 0.962 bits per heavy atom. The van der Waals surface area contributed by atoms with E-state index in [4.69, 9.17) is 4.42 Å². The highest BCUT2D eigenvalue weighted by molar-refractivity contribution is 6.23. The predicted octanol–water partition coefficient (Wildman–Crippen LogP) is 14.4. The first kappa shape index (κ1) is 30.0. The van der Waals surface area contributed by atoms with Crippen LogP contribution in [0.5, 0.6) is 0 Å². The van der Waals surface area contributed by atoms with Gasteiger partial charge in [-0.3, -0.25) is 0 Å². The maximum Gasteiger partial charge on any atom is 0.143 e. The van der Waals surface area contributed by atoms with E-state index in [0.29, 0.717) is 0 Å². The van der Waals surface area contributed by atoms with Crippen LogP contribution in [0.1, 0.15) is 0 Å². The fraction of sp³-hybridized carbons (Fsp3) is 0. The van der Waals surface area contributed by atoms with Crippen molar-refractivity contribution in [3.8, 4) is 33.4 Å². The molecule has 0 aliphatic rings. The van der Waals surface area contributed by atoms with Crippen LogP contribution in [0.25, 0.3) is 76.9 Å². The number of fused-ring (bicyclic) bond motifs is 6. The molecule has 1 heterocycles. The zero-order valence-corrected chi connectivity index (χ0v) is 28.4. The minimum absolute atomic E-state index is 0.881. The van der Waals surface area contributed by atoms with E-state index in [1.165, 1.54) is 33.0 Å². The first-order chi connectivity index (χ1) is 25.8. The summed E-state index contributed by atoms with van der Waals surface area (Å²) in [4.78, 5) is 2.43. The molecule has 0 bridgehead atoms. The Morgan fingerprint density at radius 1 is 0.346 bits per heavy atom. The van der Waals surface area contributed by atoms with Crippen molar-refractivity contribution in [2.24, 2.45) is 0 Å². The predicted molar refractivity (Wildman–Crippen MR) is 220 cm³/mol. The third-order valence-electron chi connectivity index (χ3n) is 10.2. The normalized spacial score (nSPS) is 11.5. The zero-order valence-electron chi connectivity index (χ0n) is 28.4. The van der Waals surface area contributed by atoms with Crippen LogP contribution in [-0.2, 0) is 0 Å². The van der Waals surface area contributed by atoms with Gasteiger partial charge < -0.3 is 9.32 Å². The van der Waals surface area contributed by atoms with E-state index in [-0.39, 0.29) is 0 Å². The van der Waals surface area contributed by atoms with Gasteiger partial charge in [-0.15, -0.1) is 0 Å². The van der Waals surface area contributed by atoms with Gasteiger partial charge in [-0.1, -0.05) is 164 Å². The maximum absolute atomic E-state index is 6.80. The van der Waals surface area contributed by atoms with Gasteiger partial charge in [-0.05, 0) is 75.0 Å². The van der Waals surface area contributed by atoms with Gasteiger partial charge >= 0.3 is 0 Å². The SMILES string of the molecule is c1ccc(-c2ccc(N(c3ccccc3-c3ccccc3)c3cc4c(oc5cccc(-c6ccc7ccccc7c6)c54)c4ccccc34)cc2)cc1. The third kappa shape index (κ3) is 5.04. The smallest absolute Gasteiger partial charge is 0.143 e. The molecular weight excluding hydrogens is 631 g/mol. The van der Waals surface area contributed by atoms with Gasteiger partial charge in [0, 0.05) is 32.8 Å². The van der Waals surface area contributed by atoms with E-state index in [9.17, 15) is 0 Å². The summed E-state index contributed by atoms with van der Waals surface area (Å²) in [6.45, 7) is 0. The molecule has 0 unspecified atom stereocenters. The van der Waals surface area contributed by atoms with Crippen molar-refractivity contribution in [2.75, 3.05) is 4.90 Å². The molecule has 10 aromatic rings. The van der Waals surface area contributed by atoms with Crippen molar-refractivity contribution in [2.45, 2.75) is 0 Å². The fourth-order valence-electron chi connectivity index (χ4n) is 7.78. The Bertz CT molecular complexity index is 2890. The van der Waals surface area contributed by atoms with Crippen LogP contribution in [0.2, 0.25) is 0 Å². The minimum Gasteiger partial charge on any atom is -0.455 e. The summed E-state index contributed by atoms with van der Waals surface area (Å²) < 4.78 is 6.80. The number of furan rings is 1. The van der Waals surface area contributed by atoms with Gasteiger partial charge in [-0.2, -0.15) is 0 Å². The molecule has 244 valence electrons. The number of hydrogen-bond donors (Lipinski definition) is 0. The van der Waals surface area contributed by atoms with Crippen LogP contribution in [-0.4, -0.2) is 0 Å². The Balaban J connectivity index is 1.26. The molecule has 1 aromatic heterocycles. The maximum atomic E-state index is 6.80. The number of rotatable bonds is 6. The summed E-state index contributed by atoms with van der Waals surface area (Å²) in [6.07, 6.45) is 0. The second-order valence-corrected chi connectivity index (χ2v) is 13.3. The number of anilines is 3. The monoisotopic (exact) mass is 663 g/mol. The Morgan fingerprint density at radius 3 is 1.77 bits per heavy atom. The van der Waals surface area contributed by atoms with E-state index in [1.54, 1.807) is 0 Å². The molecule has 0 fully saturated rings. The van der Waals surface area contributed by atoms with Gasteiger partial charge in [0.05, 0.1) is 11.4 Å². The molecule has 0 atom stereocenters. The van der Waals surface area contributed by atoms with E-state index in [1.807, 2.05) is 0 Å². The van der Waals surface area contributed by atoms with Crippen LogP contribution < -0.4 is 4.90 Å². The molecule has 0 aliphatic heterocycles. The van der Waals surface area contributed by atoms with Crippen LogP contribution in [0.15, 0.2) is 205 Å². The van der Waals surface area contributed by atoms with E-state index >= 15 is 0 Å². The first-order valence-electron chi connectivity index (χ1n) is 17.8. The molecule has 52 heavy (non-hydrogen) atoms. The zero-order chi connectivity index (χ0) is 34.4. The lowest BCUT2D eigenvalue weighted by Gasteiger charge is -2.29. The van der Waals surface area contributed by atoms with Gasteiger partial charge in [0.25, 0.3) is 0 Å². The molecule has 0 saturated heterocycles. The molecule has 0 amide bonds. The fourth-order valence-corrected chi connectivity index (χ4v) is 7.78. The van der Waals surface area contributed by atoms with Crippen LogP contribution in [0, 0.1) is 0 Å². The average molecular weight is 664 g/mol. The molecule has 2 nitrogen and oxygen atoms in total. The lowest BCUT2D eigenvalue weighted by atomic mass is 9.95. The number of hydrogen-bond acceptors (Lipinski definition) is 2. The van der Waals surface area contributed by atoms with Gasteiger partial charge in [0.15, 0.2) is 0 Å². The topological polar surface area (TPSA) is 16.4 Å². The van der Waals surface area contributed by atoms with Crippen LogP contribution in [0.4, 0.5) is 17.1 Å². The summed E-state index contributed by atoms with van der Waals surface area (Å²) in [5.74, 6) is 0. The lowest BCUT2D eigenvalue weighted by molar-refractivity contribution is 0.673. The quantitative estimate of drug-likeness (QED) is 0.176. The summed E-state index contributed by atoms with van der Waals surface area (Å²) >= 11 is 0. The van der Waals surface area contributed by atoms with Gasteiger partial charge in [0.1, 0.15) is 11.2 Å². The molecular formula is C50H33NO. The Labute approximate surface area is 302 Å². The molecule has 2 heteroatoms. The van der Waals surface area contributed by atoms with Crippen LogP contribution >= 0.6 is 0 Å². The molecule has 0 radical (unpaired) electrons. The van der Waals surface area contributed by atoms with Crippen molar-refractivity contribution < 1.29 is 4.42 Å². The van der Waals surface area contributed by atoms with Crippen molar-refractivity contribution >= 4 is 60.5 Å². The molecule has 0 saturated carbocycles. The standard InChI is InChI=1S/C50H33NO/c1-3-14-34(15-4-1)36-28-30-40(31-29-36)51(46-24-12-11-20-41(46)37-17-5-2-6-18-37)47-33-45-49-42(39-27-26-35-16-7-8-19-38(35)32-39)23-13-25-48(49)52-50(45)44-22-10-9-21-43(44)47/h1-33H. The van der Waals surface area contributed by atoms with Gasteiger partial charge in [0.2, 0.25) is 0 Å². The van der Waals surface area contributed by atoms with E-state index in [2.05, 4.69) is 205 Å². The lowest BCUT2D eigenvalue weighted by Crippen LogP contribution is -2.12. The third-order valence-corrected chi connectivity index (χ3v) is 10.2.